The van der Waals surface area contributed by atoms with Crippen LogP contribution in [0.2, 0.25) is 0 Å². The van der Waals surface area contributed by atoms with E-state index in [4.69, 9.17) is 0 Å². The first-order chi connectivity index (χ1) is 25.1. The maximum Gasteiger partial charge on any atom is 0.0998 e. The third-order valence-electron chi connectivity index (χ3n) is 10.2. The maximum atomic E-state index is 10.0. The van der Waals surface area contributed by atoms with Gasteiger partial charge in [0, 0.05) is 38.7 Å². The van der Waals surface area contributed by atoms with Crippen LogP contribution in [0.3, 0.4) is 0 Å². The van der Waals surface area contributed by atoms with E-state index in [1.54, 1.807) is 0 Å². The summed E-state index contributed by atoms with van der Waals surface area (Å²) in [7, 11) is 0. The molecule has 1 unspecified atom stereocenters. The van der Waals surface area contributed by atoms with Crippen molar-refractivity contribution in [2.75, 3.05) is 0 Å². The van der Waals surface area contributed by atoms with Crippen molar-refractivity contribution in [3.63, 3.8) is 0 Å². The molecule has 5 heteroatoms. The molecule has 0 spiro atoms. The van der Waals surface area contributed by atoms with Gasteiger partial charge in [-0.3, -0.25) is 0 Å². The van der Waals surface area contributed by atoms with E-state index in [1.807, 2.05) is 60.7 Å². The van der Waals surface area contributed by atoms with E-state index in [0.717, 1.165) is 72.8 Å². The zero-order chi connectivity index (χ0) is 34.6. The Morgan fingerprint density at radius 1 is 0.588 bits per heavy atom. The molecule has 0 N–H and O–H groups in total. The van der Waals surface area contributed by atoms with Crippen molar-refractivity contribution >= 4 is 38.8 Å². The highest BCUT2D eigenvalue weighted by Gasteiger charge is 2.22. The molecule has 1 atom stereocenters. The molecular weight excluding hydrogens is 623 g/mol. The molecule has 9 rings (SSSR count). The van der Waals surface area contributed by atoms with Gasteiger partial charge in [-0.2, -0.15) is 15.8 Å². The largest absolute Gasteiger partial charge is 0.313 e. The Labute approximate surface area is 295 Å². The lowest BCUT2D eigenvalue weighted by molar-refractivity contribution is 0.690. The van der Waals surface area contributed by atoms with Crippen molar-refractivity contribution in [1.29, 1.82) is 15.8 Å². The average Bonchev–Trinajstić information content (AvgIpc) is 3.69. The SMILES string of the molecule is CC1C=Cc2c(n(-c3ccc(-c4cccc(-c5ccc(C#N)cc5-n5c6ccccc6c6c(C#N)cccc65)c4)cc3)c3ccc(C#N)cc23)C1. The van der Waals surface area contributed by atoms with Gasteiger partial charge in [0.05, 0.1) is 57.1 Å². The van der Waals surface area contributed by atoms with Gasteiger partial charge in [-0.05, 0) is 95.8 Å². The van der Waals surface area contributed by atoms with Crippen LogP contribution in [-0.4, -0.2) is 9.13 Å². The standard InChI is InChI=1S/C46H29N5/c1-29-12-19-38-40-23-30(26-47)14-21-42(40)50(44(38)22-29)36-17-15-32(16-18-36)33-6-4-7-34(25-33)37-20-13-31(27-48)24-45(37)51-41-10-3-2-9-39(41)46-35(28-49)8-5-11-43(46)51/h2-21,23-25,29H,22H2,1H3. The Morgan fingerprint density at radius 3 is 2.14 bits per heavy atom. The average molecular weight is 652 g/mol. The van der Waals surface area contributed by atoms with Crippen molar-refractivity contribution in [2.24, 2.45) is 5.92 Å². The van der Waals surface area contributed by atoms with Gasteiger partial charge in [0.1, 0.15) is 0 Å². The molecule has 0 saturated carbocycles. The molecule has 238 valence electrons. The van der Waals surface area contributed by atoms with E-state index < -0.39 is 0 Å². The molecule has 8 aromatic rings. The molecule has 2 heterocycles. The Hall–Kier alpha value is -7.13. The van der Waals surface area contributed by atoms with Crippen molar-refractivity contribution in [3.8, 4) is 51.8 Å². The summed E-state index contributed by atoms with van der Waals surface area (Å²) in [4.78, 5) is 0. The quantitative estimate of drug-likeness (QED) is 0.190. The van der Waals surface area contributed by atoms with Gasteiger partial charge in [-0.25, -0.2) is 0 Å². The molecule has 6 aromatic carbocycles. The third-order valence-corrected chi connectivity index (χ3v) is 10.2. The summed E-state index contributed by atoms with van der Waals surface area (Å²) >= 11 is 0. The Kier molecular flexibility index (Phi) is 6.92. The Morgan fingerprint density at radius 2 is 1.31 bits per heavy atom. The molecule has 1 aliphatic carbocycles. The second kappa shape index (κ2) is 11.8. The number of nitriles is 3. The van der Waals surface area contributed by atoms with Crippen molar-refractivity contribution in [1.82, 2.24) is 9.13 Å². The summed E-state index contributed by atoms with van der Waals surface area (Å²) in [5, 5.41) is 32.6. The number of allylic oxidation sites excluding steroid dienone is 1. The molecule has 1 aliphatic rings. The summed E-state index contributed by atoms with van der Waals surface area (Å²) in [6.07, 6.45) is 5.40. The zero-order valence-corrected chi connectivity index (χ0v) is 27.8. The van der Waals surface area contributed by atoms with Crippen LogP contribution in [-0.2, 0) is 6.42 Å². The van der Waals surface area contributed by atoms with E-state index in [1.165, 1.54) is 11.3 Å². The van der Waals surface area contributed by atoms with Crippen LogP contribution in [0.15, 0.2) is 133 Å². The first kappa shape index (κ1) is 30.0. The number of hydrogen-bond acceptors (Lipinski definition) is 3. The van der Waals surface area contributed by atoms with Gasteiger partial charge in [0.15, 0.2) is 0 Å². The molecule has 5 nitrogen and oxygen atoms in total. The van der Waals surface area contributed by atoms with Gasteiger partial charge in [0.2, 0.25) is 0 Å². The second-order valence-corrected chi connectivity index (χ2v) is 13.2. The summed E-state index contributed by atoms with van der Waals surface area (Å²) in [6.45, 7) is 2.24. The molecular formula is C46H29N5. The molecule has 0 fully saturated rings. The van der Waals surface area contributed by atoms with Gasteiger partial charge in [0.25, 0.3) is 0 Å². The summed E-state index contributed by atoms with van der Waals surface area (Å²) < 4.78 is 4.53. The van der Waals surface area contributed by atoms with Crippen molar-refractivity contribution < 1.29 is 0 Å². The fourth-order valence-corrected chi connectivity index (χ4v) is 7.82. The van der Waals surface area contributed by atoms with Gasteiger partial charge in [-0.15, -0.1) is 0 Å². The van der Waals surface area contributed by atoms with Crippen molar-refractivity contribution in [2.45, 2.75) is 13.3 Å². The third kappa shape index (κ3) is 4.74. The normalized spacial score (nSPS) is 13.6. The van der Waals surface area contributed by atoms with Gasteiger partial charge < -0.3 is 9.13 Å². The number of benzene rings is 6. The van der Waals surface area contributed by atoms with Crippen LogP contribution < -0.4 is 0 Å². The minimum absolute atomic E-state index is 0.432. The van der Waals surface area contributed by atoms with Gasteiger partial charge >= 0.3 is 0 Å². The lowest BCUT2D eigenvalue weighted by Crippen LogP contribution is -2.08. The predicted molar refractivity (Wildman–Crippen MR) is 205 cm³/mol. The van der Waals surface area contributed by atoms with Crippen LogP contribution in [0, 0.1) is 39.9 Å². The molecule has 0 amide bonds. The summed E-state index contributed by atoms with van der Waals surface area (Å²) in [5.74, 6) is 0.432. The number of hydrogen-bond donors (Lipinski definition) is 0. The van der Waals surface area contributed by atoms with E-state index >= 15 is 0 Å². The Bertz CT molecular complexity index is 2880. The first-order valence-electron chi connectivity index (χ1n) is 17.0. The Balaban J connectivity index is 1.16. The molecule has 0 saturated heterocycles. The minimum Gasteiger partial charge on any atom is -0.313 e. The van der Waals surface area contributed by atoms with E-state index in [-0.39, 0.29) is 0 Å². The summed E-state index contributed by atoms with van der Waals surface area (Å²) in [6, 6.07) is 50.0. The second-order valence-electron chi connectivity index (χ2n) is 13.2. The van der Waals surface area contributed by atoms with E-state index in [2.05, 4.69) is 113 Å². The molecule has 2 aromatic heterocycles. The number of para-hydroxylation sites is 1. The highest BCUT2D eigenvalue weighted by molar-refractivity contribution is 6.12. The fraction of sp³-hybridized carbons (Fsp3) is 0.0652. The predicted octanol–water partition coefficient (Wildman–Crippen LogP) is 10.9. The van der Waals surface area contributed by atoms with E-state index in [0.29, 0.717) is 22.6 Å². The number of aromatic nitrogens is 2. The maximum absolute atomic E-state index is 10.0. The monoisotopic (exact) mass is 651 g/mol. The first-order valence-corrected chi connectivity index (χ1v) is 17.0. The van der Waals surface area contributed by atoms with Gasteiger partial charge in [-0.1, -0.05) is 79.7 Å². The number of rotatable bonds is 4. The lowest BCUT2D eigenvalue weighted by Gasteiger charge is -2.17. The molecule has 0 bridgehead atoms. The highest BCUT2D eigenvalue weighted by atomic mass is 15.0. The molecule has 0 radical (unpaired) electrons. The topological polar surface area (TPSA) is 81.2 Å². The highest BCUT2D eigenvalue weighted by Crippen LogP contribution is 2.40. The smallest absolute Gasteiger partial charge is 0.0998 e. The van der Waals surface area contributed by atoms with Crippen molar-refractivity contribution in [3.05, 3.63) is 161 Å². The van der Waals surface area contributed by atoms with Crippen LogP contribution in [0.1, 0.15) is 34.9 Å². The molecule has 0 aliphatic heterocycles. The van der Waals surface area contributed by atoms with Crippen LogP contribution >= 0.6 is 0 Å². The van der Waals surface area contributed by atoms with Crippen LogP contribution in [0.25, 0.3) is 72.4 Å². The fourth-order valence-electron chi connectivity index (χ4n) is 7.82. The number of nitrogens with zero attached hydrogens (tertiary/aromatic N) is 5. The number of fused-ring (bicyclic) bond motifs is 6. The molecule has 51 heavy (non-hydrogen) atoms. The van der Waals surface area contributed by atoms with Crippen LogP contribution in [0.5, 0.6) is 0 Å². The lowest BCUT2D eigenvalue weighted by atomic mass is 9.94. The minimum atomic E-state index is 0.432. The summed E-state index contributed by atoms with van der Waals surface area (Å²) in [5.41, 5.74) is 13.5. The van der Waals surface area contributed by atoms with E-state index in [9.17, 15) is 15.8 Å². The van der Waals surface area contributed by atoms with Crippen LogP contribution in [0.4, 0.5) is 0 Å². The zero-order valence-electron chi connectivity index (χ0n) is 27.8.